The molecule has 2 aromatic carbocycles. The first-order valence-electron chi connectivity index (χ1n) is 6.47. The lowest BCUT2D eigenvalue weighted by atomic mass is 10.1. The maximum atomic E-state index is 6.26. The van der Waals surface area contributed by atoms with E-state index in [9.17, 15) is 0 Å². The normalized spacial score (nSPS) is 21.5. The Hall–Kier alpha value is -1.33. The maximum absolute atomic E-state index is 6.26. The minimum Gasteiger partial charge on any atom is -0.343 e. The lowest BCUT2D eigenvalue weighted by Gasteiger charge is -2.35. The van der Waals surface area contributed by atoms with E-state index in [0.717, 1.165) is 11.1 Å². The minimum atomic E-state index is -0.172. The zero-order chi connectivity index (χ0) is 14.8. The van der Waals surface area contributed by atoms with Gasteiger partial charge in [-0.1, -0.05) is 59.6 Å². The summed E-state index contributed by atoms with van der Waals surface area (Å²) in [6.45, 7) is 0. The molecule has 2 atom stereocenters. The summed E-state index contributed by atoms with van der Waals surface area (Å²) in [6.07, 6.45) is -0.345. The number of rotatable bonds is 2. The van der Waals surface area contributed by atoms with Gasteiger partial charge in [0.2, 0.25) is 0 Å². The van der Waals surface area contributed by atoms with Crippen molar-refractivity contribution >= 4 is 40.5 Å². The molecule has 2 unspecified atom stereocenters. The first-order valence-corrected chi connectivity index (χ1v) is 7.63. The average molecular weight is 338 g/mol. The Morgan fingerprint density at radius 1 is 0.762 bits per heavy atom. The molecule has 0 spiro atoms. The van der Waals surface area contributed by atoms with Crippen LogP contribution in [0.4, 0.5) is 0 Å². The largest absolute Gasteiger partial charge is 0.343 e. The summed E-state index contributed by atoms with van der Waals surface area (Å²) in [7, 11) is 0. The molecule has 1 aliphatic heterocycles. The number of hydrogen-bond donors (Lipinski definition) is 3. The molecule has 1 heterocycles. The maximum Gasteiger partial charge on any atom is 0.169 e. The highest BCUT2D eigenvalue weighted by atomic mass is 35.5. The monoisotopic (exact) mass is 337 g/mol. The highest BCUT2D eigenvalue weighted by Crippen LogP contribution is 2.28. The van der Waals surface area contributed by atoms with Crippen molar-refractivity contribution in [3.63, 3.8) is 0 Å². The molecule has 3 nitrogen and oxygen atoms in total. The van der Waals surface area contributed by atoms with Crippen molar-refractivity contribution in [2.75, 3.05) is 0 Å². The minimum absolute atomic E-state index is 0.172. The van der Waals surface area contributed by atoms with Crippen molar-refractivity contribution in [3.8, 4) is 0 Å². The molecule has 3 N–H and O–H groups in total. The van der Waals surface area contributed by atoms with E-state index < -0.39 is 0 Å². The van der Waals surface area contributed by atoms with E-state index in [1.807, 2.05) is 48.5 Å². The smallest absolute Gasteiger partial charge is 0.169 e. The van der Waals surface area contributed by atoms with Crippen molar-refractivity contribution in [1.29, 1.82) is 0 Å². The van der Waals surface area contributed by atoms with Crippen LogP contribution >= 0.6 is 35.4 Å². The van der Waals surface area contributed by atoms with Gasteiger partial charge in [0.15, 0.2) is 5.11 Å². The molecule has 0 radical (unpaired) electrons. The van der Waals surface area contributed by atoms with Crippen molar-refractivity contribution in [1.82, 2.24) is 16.0 Å². The molecule has 108 valence electrons. The van der Waals surface area contributed by atoms with Crippen LogP contribution < -0.4 is 16.0 Å². The van der Waals surface area contributed by atoms with E-state index in [0.29, 0.717) is 15.2 Å². The molecule has 1 saturated heterocycles. The van der Waals surface area contributed by atoms with Crippen LogP contribution in [0.25, 0.3) is 0 Å². The first kappa shape index (κ1) is 14.6. The predicted molar refractivity (Wildman–Crippen MR) is 90.4 cm³/mol. The highest BCUT2D eigenvalue weighted by Gasteiger charge is 2.27. The van der Waals surface area contributed by atoms with Crippen LogP contribution in [-0.2, 0) is 0 Å². The Morgan fingerprint density at radius 3 is 1.62 bits per heavy atom. The molecule has 1 fully saturated rings. The molecule has 21 heavy (non-hydrogen) atoms. The fraction of sp³-hybridized carbons (Fsp3) is 0.133. The van der Waals surface area contributed by atoms with Gasteiger partial charge in [-0.05, 0) is 24.4 Å². The van der Waals surface area contributed by atoms with Crippen LogP contribution in [0.15, 0.2) is 48.5 Å². The van der Waals surface area contributed by atoms with Crippen molar-refractivity contribution < 1.29 is 0 Å². The lowest BCUT2D eigenvalue weighted by molar-refractivity contribution is 0.368. The van der Waals surface area contributed by atoms with Crippen LogP contribution in [0, 0.1) is 0 Å². The van der Waals surface area contributed by atoms with Gasteiger partial charge in [-0.2, -0.15) is 0 Å². The van der Waals surface area contributed by atoms with E-state index in [1.165, 1.54) is 0 Å². The quantitative estimate of drug-likeness (QED) is 0.729. The van der Waals surface area contributed by atoms with Crippen LogP contribution in [0.3, 0.4) is 0 Å². The van der Waals surface area contributed by atoms with E-state index in [1.54, 1.807) is 0 Å². The number of thiocarbonyl (C=S) groups is 1. The predicted octanol–water partition coefficient (Wildman–Crippen LogP) is 3.76. The van der Waals surface area contributed by atoms with Gasteiger partial charge in [-0.15, -0.1) is 0 Å². The summed E-state index contributed by atoms with van der Waals surface area (Å²) in [6, 6.07) is 15.3. The molecule has 0 bridgehead atoms. The van der Waals surface area contributed by atoms with Crippen LogP contribution in [-0.4, -0.2) is 5.11 Å². The van der Waals surface area contributed by atoms with Gasteiger partial charge < -0.3 is 10.6 Å². The second-order valence-electron chi connectivity index (χ2n) is 4.69. The van der Waals surface area contributed by atoms with E-state index in [2.05, 4.69) is 16.0 Å². The second kappa shape index (κ2) is 6.20. The van der Waals surface area contributed by atoms with E-state index >= 15 is 0 Å². The Labute approximate surface area is 138 Å². The van der Waals surface area contributed by atoms with Crippen molar-refractivity contribution in [2.24, 2.45) is 0 Å². The van der Waals surface area contributed by atoms with Gasteiger partial charge >= 0.3 is 0 Å². The Kier molecular flexibility index (Phi) is 4.31. The highest BCUT2D eigenvalue weighted by molar-refractivity contribution is 7.80. The topological polar surface area (TPSA) is 36.1 Å². The summed E-state index contributed by atoms with van der Waals surface area (Å²) in [5, 5.41) is 11.7. The van der Waals surface area contributed by atoms with Gasteiger partial charge in [0.1, 0.15) is 12.3 Å². The van der Waals surface area contributed by atoms with Gasteiger partial charge in [-0.3, -0.25) is 5.32 Å². The second-order valence-corrected chi connectivity index (χ2v) is 5.92. The average Bonchev–Trinajstić information content (AvgIpc) is 2.47. The van der Waals surface area contributed by atoms with Gasteiger partial charge in [0.05, 0.1) is 0 Å². The van der Waals surface area contributed by atoms with Gasteiger partial charge in [0, 0.05) is 21.2 Å². The summed E-state index contributed by atoms with van der Waals surface area (Å²) in [4.78, 5) is 0. The zero-order valence-corrected chi connectivity index (χ0v) is 13.3. The molecule has 1 aliphatic rings. The Balaban J connectivity index is 1.91. The molecule has 0 aromatic heterocycles. The third kappa shape index (κ3) is 3.14. The summed E-state index contributed by atoms with van der Waals surface area (Å²) >= 11 is 17.8. The van der Waals surface area contributed by atoms with Crippen LogP contribution in [0.1, 0.15) is 23.5 Å². The molecule has 0 saturated carbocycles. The van der Waals surface area contributed by atoms with E-state index in [4.69, 9.17) is 35.4 Å². The number of hydrogen-bond acceptors (Lipinski definition) is 2. The fourth-order valence-corrected chi connectivity index (χ4v) is 3.03. The number of halogens is 2. The molecule has 3 rings (SSSR count). The van der Waals surface area contributed by atoms with Gasteiger partial charge in [-0.25, -0.2) is 0 Å². The van der Waals surface area contributed by atoms with Crippen molar-refractivity contribution in [3.05, 3.63) is 69.7 Å². The Bertz CT molecular complexity index is 622. The lowest BCUT2D eigenvalue weighted by Crippen LogP contribution is -2.55. The molecular weight excluding hydrogens is 325 g/mol. The summed E-state index contributed by atoms with van der Waals surface area (Å²) < 4.78 is 0. The van der Waals surface area contributed by atoms with Crippen LogP contribution in [0.2, 0.25) is 10.0 Å². The fourth-order valence-electron chi connectivity index (χ4n) is 2.31. The molecule has 2 aromatic rings. The number of nitrogens with one attached hydrogen (secondary N) is 3. The Morgan fingerprint density at radius 2 is 1.19 bits per heavy atom. The summed E-state index contributed by atoms with van der Waals surface area (Å²) in [5.41, 5.74) is 1.89. The molecule has 0 aliphatic carbocycles. The third-order valence-electron chi connectivity index (χ3n) is 3.32. The third-order valence-corrected chi connectivity index (χ3v) is 4.24. The number of benzene rings is 2. The SMILES string of the molecule is S=C1NC(c2ccccc2Cl)NC(c2ccccc2Cl)N1. The van der Waals surface area contributed by atoms with Crippen molar-refractivity contribution in [2.45, 2.75) is 12.3 Å². The first-order chi connectivity index (χ1) is 10.1. The van der Waals surface area contributed by atoms with Gasteiger partial charge in [0.25, 0.3) is 0 Å². The van der Waals surface area contributed by atoms with E-state index in [-0.39, 0.29) is 12.3 Å². The standard InChI is InChI=1S/C15H13Cl2N3S/c16-11-7-3-1-5-9(11)13-18-14(20-15(21)19-13)10-6-2-4-8-12(10)17/h1-8,13-14,18H,(H2,19,20,21). The zero-order valence-electron chi connectivity index (χ0n) is 10.9. The van der Waals surface area contributed by atoms with Crippen LogP contribution in [0.5, 0.6) is 0 Å². The molecule has 6 heteroatoms. The molecular formula is C15H13Cl2N3S. The molecule has 0 amide bonds. The summed E-state index contributed by atoms with van der Waals surface area (Å²) in [5.74, 6) is 0.